The standard InChI is InChI=1S/C53H64N4O13S/c1-32-26-34(27-33(2)48(32)70-50(63)46-38-10-5-7-12-41(38)57(22-9-25-71(65,66)67)42-13-8-6-11-39(42)46)49(62)55-21-24-68-23-20-54-45(61)31-69-56-36-16-18-51(3)35(28-36)14-15-37-40-17-19-53(64,44(60)30-58)52(40,4)29-43(59)47(37)51/h5-8,10-13,26-28,37,40,43,47,58-59,64H,9,14-25,29-31H2,1-4H3,(H2-,54,55,61,62,65,66,67)/p+1. The van der Waals surface area contributed by atoms with Crippen LogP contribution >= 0.6 is 0 Å². The van der Waals surface area contributed by atoms with Crippen LogP contribution in [0, 0.1) is 42.4 Å². The van der Waals surface area contributed by atoms with Gasteiger partial charge in [-0.3, -0.25) is 18.9 Å². The van der Waals surface area contributed by atoms with Gasteiger partial charge in [-0.05, 0) is 123 Å². The lowest BCUT2D eigenvalue weighted by Gasteiger charge is -2.60. The van der Waals surface area contributed by atoms with Crippen LogP contribution in [0.1, 0.15) is 97.1 Å². The molecule has 8 rings (SSSR count). The molecular weight excluding hydrogens is 933 g/mol. The van der Waals surface area contributed by atoms with Gasteiger partial charge in [0.2, 0.25) is 11.0 Å². The Balaban J connectivity index is 0.774. The van der Waals surface area contributed by atoms with Crippen LogP contribution in [0.5, 0.6) is 5.75 Å². The molecule has 1 aromatic heterocycles. The predicted molar refractivity (Wildman–Crippen MR) is 263 cm³/mol. The van der Waals surface area contributed by atoms with Gasteiger partial charge in [0.25, 0.3) is 21.9 Å². The number of amides is 2. The van der Waals surface area contributed by atoms with Gasteiger partial charge < -0.3 is 40.3 Å². The van der Waals surface area contributed by atoms with Crippen molar-refractivity contribution in [2.45, 2.75) is 97.3 Å². The maximum atomic E-state index is 14.1. The molecule has 71 heavy (non-hydrogen) atoms. The van der Waals surface area contributed by atoms with E-state index in [1.807, 2.05) is 41.8 Å². The monoisotopic (exact) mass is 997 g/mol. The summed E-state index contributed by atoms with van der Waals surface area (Å²) in [6.07, 6.45) is 5.74. The van der Waals surface area contributed by atoms with E-state index >= 15 is 0 Å². The van der Waals surface area contributed by atoms with Gasteiger partial charge in [-0.2, -0.15) is 13.0 Å². The number of rotatable bonds is 18. The van der Waals surface area contributed by atoms with Crippen molar-refractivity contribution in [3.05, 3.63) is 94.6 Å². The molecule has 17 nitrogen and oxygen atoms in total. The van der Waals surface area contributed by atoms with Crippen molar-refractivity contribution in [2.24, 2.45) is 33.7 Å². The van der Waals surface area contributed by atoms with Gasteiger partial charge in [-0.15, -0.1) is 0 Å². The minimum atomic E-state index is -4.15. The number of aliphatic hydroxyl groups is 3. The average molecular weight is 998 g/mol. The number of oxime groups is 1. The van der Waals surface area contributed by atoms with Crippen LogP contribution in [0.15, 0.2) is 77.5 Å². The van der Waals surface area contributed by atoms with E-state index in [-0.39, 0.29) is 80.9 Å². The molecule has 3 aromatic carbocycles. The van der Waals surface area contributed by atoms with Crippen molar-refractivity contribution < 1.29 is 66.3 Å². The Morgan fingerprint density at radius 1 is 0.901 bits per heavy atom. The number of pyridine rings is 1. The van der Waals surface area contributed by atoms with Gasteiger partial charge in [0.05, 0.1) is 47.1 Å². The number of fused-ring (bicyclic) bond motifs is 7. The zero-order valence-corrected chi connectivity index (χ0v) is 41.6. The third-order valence-electron chi connectivity index (χ3n) is 16.0. The second-order valence-corrected chi connectivity index (χ2v) is 21.8. The summed E-state index contributed by atoms with van der Waals surface area (Å²) in [5, 5.41) is 43.9. The summed E-state index contributed by atoms with van der Waals surface area (Å²) in [5.41, 5.74) is 2.46. The largest absolute Gasteiger partial charge is 0.422 e. The fraction of sp³-hybridized carbons (Fsp3) is 0.509. The van der Waals surface area contributed by atoms with E-state index in [4.69, 9.17) is 14.3 Å². The van der Waals surface area contributed by atoms with E-state index in [2.05, 4.69) is 22.7 Å². The number of ketones is 1. The smallest absolute Gasteiger partial charge is 0.345 e. The van der Waals surface area contributed by atoms with Crippen molar-refractivity contribution in [2.75, 3.05) is 45.3 Å². The molecule has 7 unspecified atom stereocenters. The molecule has 1 heterocycles. The summed E-state index contributed by atoms with van der Waals surface area (Å²) in [7, 11) is -4.15. The molecule has 3 fully saturated rings. The first-order valence-corrected chi connectivity index (χ1v) is 26.1. The van der Waals surface area contributed by atoms with Crippen LogP contribution in [0.25, 0.3) is 21.8 Å². The summed E-state index contributed by atoms with van der Waals surface area (Å²) < 4.78 is 45.8. The van der Waals surface area contributed by atoms with Gasteiger partial charge in [0, 0.05) is 42.6 Å². The number of benzene rings is 3. The SMILES string of the molecule is Cc1cc(C(=O)NCCOCCNC(=O)CON=C2C=C3CCC4C(C(O)CC5(C)C4CCC5(O)C(=O)CO)C3(C)CC2)cc(C)c1OC(=O)c1c2ccccc2[n+](CCCS(=O)(=O)O)c2ccccc12. The van der Waals surface area contributed by atoms with Gasteiger partial charge >= 0.3 is 5.97 Å². The summed E-state index contributed by atoms with van der Waals surface area (Å²) in [6.45, 7) is 7.72. The predicted octanol–water partition coefficient (Wildman–Crippen LogP) is 4.86. The average Bonchev–Trinajstić information content (AvgIpc) is 3.60. The number of ether oxygens (including phenoxy) is 2. The van der Waals surface area contributed by atoms with Gasteiger partial charge in [0.1, 0.15) is 18.0 Å². The van der Waals surface area contributed by atoms with E-state index in [0.717, 1.165) is 25.0 Å². The van der Waals surface area contributed by atoms with Gasteiger partial charge in [-0.25, -0.2) is 4.79 Å². The lowest BCUT2D eigenvalue weighted by atomic mass is 9.45. The molecular formula is C53H65N4O13S+. The molecule has 18 heteroatoms. The van der Waals surface area contributed by atoms with E-state index in [9.17, 15) is 47.5 Å². The summed E-state index contributed by atoms with van der Waals surface area (Å²) in [4.78, 5) is 57.9. The molecule has 6 N–H and O–H groups in total. The lowest BCUT2D eigenvalue weighted by Crippen LogP contribution is -2.62. The number of aliphatic hydroxyl groups excluding tert-OH is 2. The highest BCUT2D eigenvalue weighted by Crippen LogP contribution is 2.67. The Kier molecular flexibility index (Phi) is 15.2. The van der Waals surface area contributed by atoms with Crippen molar-refractivity contribution in [1.29, 1.82) is 0 Å². The highest BCUT2D eigenvalue weighted by molar-refractivity contribution is 7.85. The molecule has 7 atom stereocenters. The number of para-hydroxylation sites is 2. The van der Waals surface area contributed by atoms with E-state index in [1.165, 1.54) is 5.57 Å². The van der Waals surface area contributed by atoms with Crippen LogP contribution in [0.4, 0.5) is 0 Å². The van der Waals surface area contributed by atoms with Crippen LogP contribution in [0.2, 0.25) is 0 Å². The van der Waals surface area contributed by atoms with Crippen molar-refractivity contribution in [3.63, 3.8) is 0 Å². The minimum absolute atomic E-state index is 0.0304. The van der Waals surface area contributed by atoms with Crippen molar-refractivity contribution in [3.8, 4) is 5.75 Å². The molecule has 4 aliphatic carbocycles. The first-order chi connectivity index (χ1) is 33.8. The Morgan fingerprint density at radius 3 is 2.20 bits per heavy atom. The highest BCUT2D eigenvalue weighted by Gasteiger charge is 2.68. The Hall–Kier alpha value is -5.63. The number of aryl methyl sites for hydroxylation is 3. The summed E-state index contributed by atoms with van der Waals surface area (Å²) in [5.74, 6) is -1.77. The van der Waals surface area contributed by atoms with Crippen LogP contribution < -0.4 is 19.9 Å². The zero-order valence-electron chi connectivity index (χ0n) is 40.7. The number of allylic oxidation sites excluding steroid dienone is 2. The first kappa shape index (κ1) is 51.7. The van der Waals surface area contributed by atoms with Gasteiger partial charge in [0.15, 0.2) is 18.9 Å². The lowest BCUT2D eigenvalue weighted by molar-refractivity contribution is -0.645. The number of hydrogen-bond acceptors (Lipinski definition) is 13. The summed E-state index contributed by atoms with van der Waals surface area (Å²) >= 11 is 0. The quantitative estimate of drug-likeness (QED) is 0.0149. The maximum absolute atomic E-state index is 14.1. The normalized spacial score (nSPS) is 26.5. The number of nitrogens with one attached hydrogen (secondary N) is 2. The third kappa shape index (κ3) is 10.2. The highest BCUT2D eigenvalue weighted by atomic mass is 32.2. The number of esters is 1. The molecule has 380 valence electrons. The molecule has 0 radical (unpaired) electrons. The molecule has 0 bridgehead atoms. The minimum Gasteiger partial charge on any atom is -0.422 e. The molecule has 3 saturated carbocycles. The van der Waals surface area contributed by atoms with E-state index in [1.54, 1.807) is 50.2 Å². The number of carbonyl (C=O) groups excluding carboxylic acids is 4. The maximum Gasteiger partial charge on any atom is 0.345 e. The number of aromatic nitrogens is 1. The van der Waals surface area contributed by atoms with Gasteiger partial charge in [-0.1, -0.05) is 48.8 Å². The zero-order chi connectivity index (χ0) is 50.9. The topological polar surface area (TPSA) is 251 Å². The second kappa shape index (κ2) is 20.8. The molecule has 0 saturated heterocycles. The molecule has 4 aromatic rings. The van der Waals surface area contributed by atoms with E-state index in [0.29, 0.717) is 75.5 Å². The second-order valence-electron chi connectivity index (χ2n) is 20.2. The Morgan fingerprint density at radius 2 is 1.55 bits per heavy atom. The fourth-order valence-corrected chi connectivity index (χ4v) is 13.2. The fourth-order valence-electron chi connectivity index (χ4n) is 12.7. The molecule has 4 aliphatic rings. The molecule has 0 aliphatic heterocycles. The Bertz CT molecular complexity index is 2840. The number of Topliss-reactive ketones (excluding diaryl/α,β-unsaturated/α-hetero) is 1. The Labute approximate surface area is 413 Å². The summed E-state index contributed by atoms with van der Waals surface area (Å²) in [6, 6.07) is 17.9. The van der Waals surface area contributed by atoms with E-state index < -0.39 is 51.4 Å². The van der Waals surface area contributed by atoms with Crippen LogP contribution in [-0.4, -0.2) is 115 Å². The third-order valence-corrected chi connectivity index (χ3v) is 16.8. The number of nitrogens with zero attached hydrogens (tertiary/aromatic N) is 2. The van der Waals surface area contributed by atoms with Crippen LogP contribution in [-0.2, 0) is 35.8 Å². The van der Waals surface area contributed by atoms with Crippen LogP contribution in [0.3, 0.4) is 0 Å². The first-order valence-electron chi connectivity index (χ1n) is 24.5. The number of hydrogen-bond donors (Lipinski definition) is 6. The molecule has 2 amide bonds. The molecule has 0 spiro atoms. The van der Waals surface area contributed by atoms with Crippen molar-refractivity contribution in [1.82, 2.24) is 10.6 Å². The van der Waals surface area contributed by atoms with Crippen molar-refractivity contribution >= 4 is 61.2 Å². The number of carbonyl (C=O) groups is 4.